The summed E-state index contributed by atoms with van der Waals surface area (Å²) < 4.78 is 10.7. The Kier molecular flexibility index (Phi) is 12.7. The molecule has 3 amide bonds. The number of pyridine rings is 1. The Labute approximate surface area is 407 Å². The molecule has 0 bridgehead atoms. The lowest BCUT2D eigenvalue weighted by atomic mass is 9.88. The molecule has 1 unspecified atom stereocenters. The van der Waals surface area contributed by atoms with Gasteiger partial charge in [-0.1, -0.05) is 24.3 Å². The van der Waals surface area contributed by atoms with Gasteiger partial charge in [0, 0.05) is 109 Å². The lowest BCUT2D eigenvalue weighted by Gasteiger charge is -2.39. The van der Waals surface area contributed by atoms with Crippen LogP contribution in [0.1, 0.15) is 83.5 Å². The number of likely N-dealkylation sites (tertiary alicyclic amines) is 2. The molecule has 2 N–H and O–H groups in total. The van der Waals surface area contributed by atoms with E-state index in [1.54, 1.807) is 23.3 Å². The number of benzene rings is 3. The van der Waals surface area contributed by atoms with E-state index in [0.29, 0.717) is 24.9 Å². The zero-order valence-corrected chi connectivity index (χ0v) is 40.5. The molecule has 0 radical (unpaired) electrons. The number of rotatable bonds is 12. The zero-order chi connectivity index (χ0) is 48.0. The second kappa shape index (κ2) is 19.4. The summed E-state index contributed by atoms with van der Waals surface area (Å²) in [6.07, 6.45) is 6.65. The number of nitrogens with zero attached hydrogens (tertiary/aromatic N) is 9. The minimum atomic E-state index is -0.693. The molecular weight excluding hydrogens is 883 g/mol. The normalized spacial score (nSPS) is 19.5. The van der Waals surface area contributed by atoms with E-state index in [1.165, 1.54) is 11.3 Å². The molecule has 7 aromatic rings. The third-order valence-corrected chi connectivity index (χ3v) is 15.7. The molecule has 4 aliphatic heterocycles. The third kappa shape index (κ3) is 9.09. The number of nitrogens with one attached hydrogen (secondary N) is 2. The Morgan fingerprint density at radius 1 is 0.757 bits per heavy atom. The van der Waals surface area contributed by atoms with Gasteiger partial charge in [-0.15, -0.1) is 0 Å². The number of hydrogen-bond acceptors (Lipinski definition) is 10. The summed E-state index contributed by atoms with van der Waals surface area (Å²) in [5.41, 5.74) is 10.9. The van der Waals surface area contributed by atoms with Crippen LogP contribution in [0.25, 0.3) is 44.2 Å². The number of aromatic amines is 1. The van der Waals surface area contributed by atoms with Crippen LogP contribution >= 0.6 is 0 Å². The Bertz CT molecular complexity index is 3140. The summed E-state index contributed by atoms with van der Waals surface area (Å²) in [5.74, 6) is 1.30. The maximum atomic E-state index is 13.7. The fourth-order valence-corrected chi connectivity index (χ4v) is 11.7. The van der Waals surface area contributed by atoms with E-state index >= 15 is 0 Å². The molecule has 8 heterocycles. The number of piperidine rings is 3. The van der Waals surface area contributed by atoms with Gasteiger partial charge in [-0.3, -0.25) is 38.6 Å². The number of hydrogen-bond donors (Lipinski definition) is 2. The topological polar surface area (TPSA) is 159 Å². The molecule has 4 fully saturated rings. The van der Waals surface area contributed by atoms with Crippen molar-refractivity contribution in [3.63, 3.8) is 0 Å². The molecule has 4 saturated heterocycles. The Hall–Kier alpha value is -6.46. The van der Waals surface area contributed by atoms with E-state index in [-0.39, 0.29) is 23.9 Å². The van der Waals surface area contributed by atoms with Gasteiger partial charge in [0.2, 0.25) is 11.8 Å². The highest BCUT2D eigenvalue weighted by Gasteiger charge is 2.32. The van der Waals surface area contributed by atoms with Gasteiger partial charge >= 0.3 is 5.69 Å². The number of fused-ring (bicyclic) bond motifs is 3. The summed E-state index contributed by atoms with van der Waals surface area (Å²) in [5, 5.41) is 3.55. The molecule has 16 nitrogen and oxygen atoms in total. The highest BCUT2D eigenvalue weighted by Crippen LogP contribution is 2.34. The molecule has 4 aliphatic rings. The van der Waals surface area contributed by atoms with Crippen LogP contribution in [0.5, 0.6) is 0 Å². The first-order chi connectivity index (χ1) is 34.1. The Morgan fingerprint density at radius 2 is 1.51 bits per heavy atom. The minimum absolute atomic E-state index is 0.140. The molecule has 0 saturated carbocycles. The smallest absolute Gasteiger partial charge is 0.329 e. The number of methoxy groups -OCH3 is 1. The molecular formula is C54H63N11O5. The monoisotopic (exact) mass is 946 g/mol. The Morgan fingerprint density at radius 3 is 2.27 bits per heavy atom. The molecule has 4 aromatic heterocycles. The van der Waals surface area contributed by atoms with Crippen LogP contribution < -0.4 is 11.0 Å². The summed E-state index contributed by atoms with van der Waals surface area (Å²) in [6, 6.07) is 24.6. The van der Waals surface area contributed by atoms with Crippen LogP contribution in [-0.4, -0.2) is 132 Å². The van der Waals surface area contributed by atoms with Gasteiger partial charge in [-0.2, -0.15) is 0 Å². The van der Waals surface area contributed by atoms with E-state index in [9.17, 15) is 19.2 Å². The molecule has 0 aliphatic carbocycles. The SMILES string of the molecule is COCc1nc2cc(-c3ccnc4c3cc(CN3CCC(c5ccc(C(=O)N6CCC(CN7CCN(Cc8ccc9c(c8)n(C8CCC(=O)NC8=O)c(=O)n9C)CC7)CC6)cc5)CC3)n4C)ccc2[nH]1. The summed E-state index contributed by atoms with van der Waals surface area (Å²) in [4.78, 5) is 74.0. The van der Waals surface area contributed by atoms with Crippen molar-refractivity contribution in [3.05, 3.63) is 118 Å². The lowest BCUT2D eigenvalue weighted by Crippen LogP contribution is -2.48. The number of ether oxygens (including phenoxy) is 1. The fraction of sp³-hybridized carbons (Fsp3) is 0.444. The van der Waals surface area contributed by atoms with Crippen LogP contribution in [0.2, 0.25) is 0 Å². The predicted molar refractivity (Wildman–Crippen MR) is 269 cm³/mol. The number of piperazine rings is 1. The number of aromatic nitrogens is 6. The van der Waals surface area contributed by atoms with Gasteiger partial charge in [-0.25, -0.2) is 14.8 Å². The first kappa shape index (κ1) is 46.0. The van der Waals surface area contributed by atoms with Gasteiger partial charge < -0.3 is 24.1 Å². The summed E-state index contributed by atoms with van der Waals surface area (Å²) in [6.45, 7) is 10.6. The van der Waals surface area contributed by atoms with E-state index < -0.39 is 11.9 Å². The molecule has 3 aromatic carbocycles. The van der Waals surface area contributed by atoms with Crippen LogP contribution in [-0.2, 0) is 48.1 Å². The third-order valence-electron chi connectivity index (χ3n) is 15.7. The van der Waals surface area contributed by atoms with Crippen molar-refractivity contribution in [1.29, 1.82) is 0 Å². The number of carbonyl (C=O) groups excluding carboxylic acids is 3. The zero-order valence-electron chi connectivity index (χ0n) is 40.5. The summed E-state index contributed by atoms with van der Waals surface area (Å²) in [7, 11) is 5.53. The molecule has 11 rings (SSSR count). The highest BCUT2D eigenvalue weighted by molar-refractivity contribution is 6.00. The summed E-state index contributed by atoms with van der Waals surface area (Å²) >= 11 is 0. The predicted octanol–water partition coefficient (Wildman–Crippen LogP) is 5.94. The first-order valence-electron chi connectivity index (χ1n) is 25.1. The average Bonchev–Trinajstić information content (AvgIpc) is 4.01. The minimum Gasteiger partial charge on any atom is -0.377 e. The molecule has 0 spiro atoms. The van der Waals surface area contributed by atoms with E-state index in [1.807, 2.05) is 35.4 Å². The number of imidazole rings is 2. The van der Waals surface area contributed by atoms with Crippen molar-refractivity contribution in [2.75, 3.05) is 66.0 Å². The van der Waals surface area contributed by atoms with Gasteiger partial charge in [0.15, 0.2) is 0 Å². The van der Waals surface area contributed by atoms with Crippen LogP contribution in [0.4, 0.5) is 0 Å². The van der Waals surface area contributed by atoms with Crippen LogP contribution in [0.15, 0.2) is 83.8 Å². The number of carbonyl (C=O) groups is 3. The second-order valence-electron chi connectivity index (χ2n) is 20.1. The highest BCUT2D eigenvalue weighted by atomic mass is 16.5. The van der Waals surface area contributed by atoms with E-state index in [4.69, 9.17) is 14.7 Å². The molecule has 364 valence electrons. The maximum absolute atomic E-state index is 13.7. The maximum Gasteiger partial charge on any atom is 0.329 e. The number of imide groups is 1. The van der Waals surface area contributed by atoms with Gasteiger partial charge in [0.25, 0.3) is 5.91 Å². The van der Waals surface area contributed by atoms with Crippen molar-refractivity contribution >= 4 is 50.8 Å². The van der Waals surface area contributed by atoms with Crippen LogP contribution in [0.3, 0.4) is 0 Å². The quantitative estimate of drug-likeness (QED) is 0.141. The van der Waals surface area contributed by atoms with Crippen molar-refractivity contribution in [1.82, 2.24) is 53.6 Å². The largest absolute Gasteiger partial charge is 0.377 e. The van der Waals surface area contributed by atoms with Crippen molar-refractivity contribution in [3.8, 4) is 11.1 Å². The molecule has 70 heavy (non-hydrogen) atoms. The van der Waals surface area contributed by atoms with Gasteiger partial charge in [0.05, 0.1) is 22.1 Å². The van der Waals surface area contributed by atoms with E-state index in [2.05, 4.69) is 85.1 Å². The van der Waals surface area contributed by atoms with E-state index in [0.717, 1.165) is 159 Å². The molecule has 16 heteroatoms. The second-order valence-corrected chi connectivity index (χ2v) is 20.1. The fourth-order valence-electron chi connectivity index (χ4n) is 11.7. The number of H-pyrrole nitrogens is 1. The lowest BCUT2D eigenvalue weighted by molar-refractivity contribution is -0.135. The van der Waals surface area contributed by atoms with Crippen LogP contribution in [0, 0.1) is 5.92 Å². The number of aryl methyl sites for hydroxylation is 2. The van der Waals surface area contributed by atoms with Gasteiger partial charge in [-0.05, 0) is 128 Å². The first-order valence-corrected chi connectivity index (χ1v) is 25.1. The average molecular weight is 946 g/mol. The number of amides is 3. The van der Waals surface area contributed by atoms with Crippen molar-refractivity contribution in [2.45, 2.75) is 70.2 Å². The molecule has 1 atom stereocenters. The van der Waals surface area contributed by atoms with Crippen molar-refractivity contribution in [2.24, 2.45) is 20.0 Å². The van der Waals surface area contributed by atoms with Crippen molar-refractivity contribution < 1.29 is 19.1 Å². The standard InChI is InChI=1S/C54H63N11O5/c1-59-41(30-43-42(14-19-55-51(43)59)40-9-10-44-45(29-40)57-49(56-44)34-70-3)33-61-20-17-38(18-21-61)37-5-7-39(8-6-37)53(68)64-22-15-35(16-23-64)31-62-24-26-63(27-25-62)32-36-4-11-46-48(28-36)65(54(69)60(46)2)47-12-13-50(66)58-52(47)67/h4-11,14,19,28-30,35,38,47H,12-13,15-18,20-27,31-34H2,1-3H3,(H,56,57)(H,58,66,67). The Balaban J connectivity index is 0.630. The van der Waals surface area contributed by atoms with Gasteiger partial charge in [0.1, 0.15) is 24.1 Å².